The normalized spacial score (nSPS) is 20.0. The van der Waals surface area contributed by atoms with Crippen LogP contribution >= 0.6 is 0 Å². The molecule has 1 aromatic rings. The summed E-state index contributed by atoms with van der Waals surface area (Å²) in [5.41, 5.74) is 1.40. The lowest BCUT2D eigenvalue weighted by Gasteiger charge is -2.29. The number of nitrogens with zero attached hydrogens (tertiary/aromatic N) is 2. The number of likely N-dealkylation sites (N-methyl/N-ethyl adjacent to an activating group) is 2. The summed E-state index contributed by atoms with van der Waals surface area (Å²) in [5, 5.41) is 0. The zero-order valence-corrected chi connectivity index (χ0v) is 9.43. The number of rotatable bonds is 3. The lowest BCUT2D eigenvalue weighted by atomic mass is 10.1. The predicted octanol–water partition coefficient (Wildman–Crippen LogP) is 2.29. The Morgan fingerprint density at radius 2 is 1.87 bits per heavy atom. The highest BCUT2D eigenvalue weighted by Crippen LogP contribution is 2.17. The molecule has 1 aliphatic rings. The molecule has 2 rings (SSSR count). The van der Waals surface area contributed by atoms with Gasteiger partial charge in [0.2, 0.25) is 0 Å². The van der Waals surface area contributed by atoms with E-state index in [9.17, 15) is 0 Å². The predicted molar refractivity (Wildman–Crippen MR) is 63.2 cm³/mol. The molecule has 0 N–H and O–H groups in total. The van der Waals surface area contributed by atoms with E-state index in [0.717, 1.165) is 13.0 Å². The van der Waals surface area contributed by atoms with Crippen LogP contribution in [0.25, 0.3) is 0 Å². The molecule has 15 heavy (non-hydrogen) atoms. The molecule has 0 fully saturated rings. The molecule has 0 amide bonds. The van der Waals surface area contributed by atoms with Crippen molar-refractivity contribution in [2.45, 2.75) is 19.5 Å². The van der Waals surface area contributed by atoms with Gasteiger partial charge in [0.05, 0.1) is 0 Å². The van der Waals surface area contributed by atoms with Crippen LogP contribution in [-0.4, -0.2) is 29.6 Å². The van der Waals surface area contributed by atoms with E-state index in [1.54, 1.807) is 0 Å². The Labute approximate surface area is 91.8 Å². The highest BCUT2D eigenvalue weighted by molar-refractivity contribution is 5.17. The van der Waals surface area contributed by atoms with Crippen LogP contribution in [0.1, 0.15) is 12.5 Å². The fraction of sp³-hybridized carbons (Fsp3) is 0.385. The average molecular weight is 202 g/mol. The SMILES string of the molecule is CCN1C=CN(C)C1Cc1ccccc1. The second-order valence-corrected chi connectivity index (χ2v) is 3.96. The Bertz CT molecular complexity index is 332. The van der Waals surface area contributed by atoms with E-state index in [-0.39, 0.29) is 0 Å². The molecule has 1 atom stereocenters. The molecule has 0 saturated carbocycles. The van der Waals surface area contributed by atoms with Crippen LogP contribution < -0.4 is 0 Å². The third-order valence-corrected chi connectivity index (χ3v) is 2.97. The van der Waals surface area contributed by atoms with E-state index in [1.807, 2.05) is 0 Å². The van der Waals surface area contributed by atoms with Gasteiger partial charge in [-0.3, -0.25) is 0 Å². The van der Waals surface area contributed by atoms with Crippen molar-refractivity contribution in [1.29, 1.82) is 0 Å². The van der Waals surface area contributed by atoms with E-state index in [0.29, 0.717) is 6.17 Å². The number of hydrogen-bond donors (Lipinski definition) is 0. The first-order valence-corrected chi connectivity index (χ1v) is 5.51. The van der Waals surface area contributed by atoms with E-state index < -0.39 is 0 Å². The smallest absolute Gasteiger partial charge is 0.104 e. The first-order valence-electron chi connectivity index (χ1n) is 5.51. The first-order chi connectivity index (χ1) is 7.31. The first kappa shape index (κ1) is 10.1. The van der Waals surface area contributed by atoms with E-state index in [1.165, 1.54) is 5.56 Å². The van der Waals surface area contributed by atoms with Crippen molar-refractivity contribution in [2.75, 3.05) is 13.6 Å². The topological polar surface area (TPSA) is 6.48 Å². The fourth-order valence-electron chi connectivity index (χ4n) is 2.03. The van der Waals surface area contributed by atoms with Crippen LogP contribution in [0.15, 0.2) is 42.7 Å². The Balaban J connectivity index is 2.05. The molecular formula is C13H18N2. The third kappa shape index (κ3) is 2.14. The summed E-state index contributed by atoms with van der Waals surface area (Å²) in [6.07, 6.45) is 5.89. The van der Waals surface area contributed by atoms with Crippen LogP contribution in [-0.2, 0) is 6.42 Å². The van der Waals surface area contributed by atoms with Crippen molar-refractivity contribution < 1.29 is 0 Å². The molecule has 1 heterocycles. The van der Waals surface area contributed by atoms with Crippen molar-refractivity contribution in [2.24, 2.45) is 0 Å². The molecular weight excluding hydrogens is 184 g/mol. The second-order valence-electron chi connectivity index (χ2n) is 3.96. The minimum atomic E-state index is 0.484. The molecule has 0 spiro atoms. The van der Waals surface area contributed by atoms with Gasteiger partial charge >= 0.3 is 0 Å². The molecule has 1 unspecified atom stereocenters. The molecule has 1 aromatic carbocycles. The molecule has 1 aliphatic heterocycles. The van der Waals surface area contributed by atoms with Gasteiger partial charge in [-0.05, 0) is 12.5 Å². The van der Waals surface area contributed by atoms with Crippen molar-refractivity contribution in [3.8, 4) is 0 Å². The Morgan fingerprint density at radius 3 is 2.53 bits per heavy atom. The van der Waals surface area contributed by atoms with Gasteiger partial charge in [-0.2, -0.15) is 0 Å². The summed E-state index contributed by atoms with van der Waals surface area (Å²) < 4.78 is 0. The van der Waals surface area contributed by atoms with Crippen LogP contribution in [0.2, 0.25) is 0 Å². The molecule has 0 radical (unpaired) electrons. The molecule has 2 heteroatoms. The maximum atomic E-state index is 2.37. The van der Waals surface area contributed by atoms with Crippen LogP contribution in [0.3, 0.4) is 0 Å². The summed E-state index contributed by atoms with van der Waals surface area (Å²) in [6.45, 7) is 3.26. The minimum Gasteiger partial charge on any atom is -0.359 e. The van der Waals surface area contributed by atoms with E-state index in [4.69, 9.17) is 0 Å². The lowest BCUT2D eigenvalue weighted by Crippen LogP contribution is -2.38. The Morgan fingerprint density at radius 1 is 1.13 bits per heavy atom. The van der Waals surface area contributed by atoms with Crippen LogP contribution in [0.5, 0.6) is 0 Å². The zero-order chi connectivity index (χ0) is 10.7. The van der Waals surface area contributed by atoms with Gasteiger partial charge in [0.25, 0.3) is 0 Å². The number of hydrogen-bond acceptors (Lipinski definition) is 2. The average Bonchev–Trinajstić information content (AvgIpc) is 2.62. The van der Waals surface area contributed by atoms with Gasteiger partial charge in [0, 0.05) is 32.4 Å². The van der Waals surface area contributed by atoms with E-state index >= 15 is 0 Å². The highest BCUT2D eigenvalue weighted by Gasteiger charge is 2.21. The maximum absolute atomic E-state index is 2.37. The van der Waals surface area contributed by atoms with Gasteiger partial charge in [0.1, 0.15) is 6.17 Å². The van der Waals surface area contributed by atoms with Crippen molar-refractivity contribution in [1.82, 2.24) is 9.80 Å². The molecule has 2 nitrogen and oxygen atoms in total. The molecule has 0 saturated heterocycles. The molecule has 0 aromatic heterocycles. The summed E-state index contributed by atoms with van der Waals surface area (Å²) >= 11 is 0. The van der Waals surface area contributed by atoms with Gasteiger partial charge < -0.3 is 9.80 Å². The summed E-state index contributed by atoms with van der Waals surface area (Å²) in [5.74, 6) is 0. The standard InChI is InChI=1S/C13H18N2/c1-3-15-10-9-14(2)13(15)11-12-7-5-4-6-8-12/h4-10,13H,3,11H2,1-2H3. The van der Waals surface area contributed by atoms with Crippen LogP contribution in [0, 0.1) is 0 Å². The Hall–Kier alpha value is -1.44. The zero-order valence-electron chi connectivity index (χ0n) is 9.43. The summed E-state index contributed by atoms with van der Waals surface area (Å²) in [4.78, 5) is 4.64. The summed E-state index contributed by atoms with van der Waals surface area (Å²) in [6, 6.07) is 10.7. The maximum Gasteiger partial charge on any atom is 0.104 e. The monoisotopic (exact) mass is 202 g/mol. The molecule has 80 valence electrons. The van der Waals surface area contributed by atoms with Gasteiger partial charge in [-0.25, -0.2) is 0 Å². The van der Waals surface area contributed by atoms with Crippen molar-refractivity contribution in [3.05, 3.63) is 48.3 Å². The van der Waals surface area contributed by atoms with E-state index in [2.05, 4.69) is 66.5 Å². The lowest BCUT2D eigenvalue weighted by molar-refractivity contribution is 0.182. The second kappa shape index (κ2) is 4.39. The van der Waals surface area contributed by atoms with Crippen LogP contribution in [0.4, 0.5) is 0 Å². The minimum absolute atomic E-state index is 0.484. The van der Waals surface area contributed by atoms with Crippen molar-refractivity contribution >= 4 is 0 Å². The highest BCUT2D eigenvalue weighted by atomic mass is 15.4. The van der Waals surface area contributed by atoms with Gasteiger partial charge in [-0.15, -0.1) is 0 Å². The summed E-state index contributed by atoms with van der Waals surface area (Å²) in [7, 11) is 2.14. The molecule has 0 aliphatic carbocycles. The Kier molecular flexibility index (Phi) is 2.95. The van der Waals surface area contributed by atoms with Gasteiger partial charge in [-0.1, -0.05) is 30.3 Å². The fourth-order valence-corrected chi connectivity index (χ4v) is 2.03. The largest absolute Gasteiger partial charge is 0.359 e. The van der Waals surface area contributed by atoms with Gasteiger partial charge in [0.15, 0.2) is 0 Å². The van der Waals surface area contributed by atoms with Crippen molar-refractivity contribution in [3.63, 3.8) is 0 Å². The quantitative estimate of drug-likeness (QED) is 0.742. The molecule has 0 bridgehead atoms. The third-order valence-electron chi connectivity index (χ3n) is 2.97. The number of benzene rings is 1.